The lowest BCUT2D eigenvalue weighted by atomic mass is 10.1. The molecule has 0 spiro atoms. The summed E-state index contributed by atoms with van der Waals surface area (Å²) in [4.78, 5) is 9.53. The zero-order valence-corrected chi connectivity index (χ0v) is 15.5. The lowest BCUT2D eigenvalue weighted by molar-refractivity contribution is 0.174. The van der Waals surface area contributed by atoms with Crippen molar-refractivity contribution in [2.75, 3.05) is 12.1 Å². The number of thiophene rings is 1. The van der Waals surface area contributed by atoms with E-state index in [4.69, 9.17) is 19.4 Å². The average molecular weight is 375 g/mol. The van der Waals surface area contributed by atoms with Crippen molar-refractivity contribution in [2.24, 2.45) is 0 Å². The Morgan fingerprint density at radius 1 is 1.04 bits per heavy atom. The van der Waals surface area contributed by atoms with Gasteiger partial charge in [0.1, 0.15) is 5.82 Å². The molecule has 5 nitrogen and oxygen atoms in total. The zero-order chi connectivity index (χ0) is 18.2. The number of fused-ring (bicyclic) bond motifs is 2. The van der Waals surface area contributed by atoms with E-state index in [0.29, 0.717) is 0 Å². The molecule has 4 aromatic rings. The van der Waals surface area contributed by atoms with Crippen LogP contribution in [0.3, 0.4) is 0 Å². The van der Waals surface area contributed by atoms with E-state index in [1.165, 1.54) is 0 Å². The van der Waals surface area contributed by atoms with Crippen molar-refractivity contribution in [1.82, 2.24) is 9.97 Å². The van der Waals surface area contributed by atoms with Gasteiger partial charge in [0, 0.05) is 16.3 Å². The molecule has 0 radical (unpaired) electrons. The maximum absolute atomic E-state index is 5.50. The van der Waals surface area contributed by atoms with E-state index in [0.717, 1.165) is 45.2 Å². The van der Waals surface area contributed by atoms with Crippen LogP contribution in [0.1, 0.15) is 18.5 Å². The third-order valence-electron chi connectivity index (χ3n) is 4.63. The van der Waals surface area contributed by atoms with Gasteiger partial charge in [-0.25, -0.2) is 9.97 Å². The highest BCUT2D eigenvalue weighted by Crippen LogP contribution is 2.35. The maximum Gasteiger partial charge on any atom is 0.231 e. The molecule has 2 aromatic carbocycles. The van der Waals surface area contributed by atoms with Gasteiger partial charge in [-0.1, -0.05) is 18.2 Å². The first-order chi connectivity index (χ1) is 13.3. The number of nitrogens with one attached hydrogen (secondary N) is 1. The molecule has 134 valence electrons. The van der Waals surface area contributed by atoms with E-state index in [1.54, 1.807) is 11.3 Å². The van der Waals surface area contributed by atoms with E-state index in [9.17, 15) is 0 Å². The third kappa shape index (κ3) is 2.98. The van der Waals surface area contributed by atoms with Crippen LogP contribution in [0, 0.1) is 0 Å². The molecule has 1 N–H and O–H groups in total. The molecule has 6 heteroatoms. The van der Waals surface area contributed by atoms with Gasteiger partial charge < -0.3 is 14.8 Å². The number of aromatic nitrogens is 2. The predicted molar refractivity (Wildman–Crippen MR) is 107 cm³/mol. The summed E-state index contributed by atoms with van der Waals surface area (Å²) in [5.74, 6) is 3.13. The average Bonchev–Trinajstić information content (AvgIpc) is 3.39. The third-order valence-corrected chi connectivity index (χ3v) is 5.32. The molecule has 2 aromatic heterocycles. The summed E-state index contributed by atoms with van der Waals surface area (Å²) in [6.45, 7) is 2.39. The first-order valence-corrected chi connectivity index (χ1v) is 9.68. The molecule has 27 heavy (non-hydrogen) atoms. The number of benzene rings is 2. The highest BCUT2D eigenvalue weighted by Gasteiger charge is 2.17. The smallest absolute Gasteiger partial charge is 0.231 e. The number of hydrogen-bond acceptors (Lipinski definition) is 6. The standard InChI is InChI=1S/C21H17N3O2S/c1-13(14-6-7-18-19(10-14)26-12-25-18)22-21-16-4-2-3-5-17(16)23-20(24-21)15-8-9-27-11-15/h2-11,13H,12H2,1H3,(H,22,23,24). The molecular weight excluding hydrogens is 358 g/mol. The van der Waals surface area contributed by atoms with E-state index in [1.807, 2.05) is 53.9 Å². The Kier molecular flexibility index (Phi) is 3.90. The fraction of sp³-hybridized carbons (Fsp3) is 0.143. The fourth-order valence-corrected chi connectivity index (χ4v) is 3.81. The molecule has 0 bridgehead atoms. The Morgan fingerprint density at radius 3 is 2.81 bits per heavy atom. The number of para-hydroxylation sites is 1. The second-order valence-corrected chi connectivity index (χ2v) is 7.18. The van der Waals surface area contributed by atoms with Gasteiger partial charge in [0.05, 0.1) is 11.6 Å². The highest BCUT2D eigenvalue weighted by atomic mass is 32.1. The van der Waals surface area contributed by atoms with E-state index < -0.39 is 0 Å². The van der Waals surface area contributed by atoms with Gasteiger partial charge in [-0.3, -0.25) is 0 Å². The van der Waals surface area contributed by atoms with Crippen LogP contribution >= 0.6 is 11.3 Å². The van der Waals surface area contributed by atoms with Crippen LogP contribution in [0.25, 0.3) is 22.3 Å². The Hall–Kier alpha value is -3.12. The molecule has 1 aliphatic rings. The van der Waals surface area contributed by atoms with Crippen LogP contribution in [-0.2, 0) is 0 Å². The molecule has 0 fully saturated rings. The molecule has 0 aliphatic carbocycles. The van der Waals surface area contributed by atoms with Crippen molar-refractivity contribution in [3.8, 4) is 22.9 Å². The number of hydrogen-bond donors (Lipinski definition) is 1. The molecule has 3 heterocycles. The summed E-state index contributed by atoms with van der Waals surface area (Å²) in [5.41, 5.74) is 3.07. The second-order valence-electron chi connectivity index (χ2n) is 6.40. The molecule has 1 atom stereocenters. The fourth-order valence-electron chi connectivity index (χ4n) is 3.18. The molecule has 1 aliphatic heterocycles. The lowest BCUT2D eigenvalue weighted by Gasteiger charge is -2.17. The van der Waals surface area contributed by atoms with Crippen molar-refractivity contribution in [3.05, 3.63) is 64.9 Å². The Balaban J connectivity index is 1.54. The van der Waals surface area contributed by atoms with Crippen LogP contribution in [0.2, 0.25) is 0 Å². The maximum atomic E-state index is 5.50. The highest BCUT2D eigenvalue weighted by molar-refractivity contribution is 7.08. The molecule has 1 unspecified atom stereocenters. The van der Waals surface area contributed by atoms with Crippen molar-refractivity contribution in [3.63, 3.8) is 0 Å². The van der Waals surface area contributed by atoms with Crippen LogP contribution in [0.15, 0.2) is 59.3 Å². The van der Waals surface area contributed by atoms with Gasteiger partial charge in [0.15, 0.2) is 17.3 Å². The summed E-state index contributed by atoms with van der Waals surface area (Å²) < 4.78 is 10.9. The summed E-state index contributed by atoms with van der Waals surface area (Å²) in [6.07, 6.45) is 0. The van der Waals surface area contributed by atoms with Gasteiger partial charge in [-0.05, 0) is 48.2 Å². The molecule has 0 amide bonds. The largest absolute Gasteiger partial charge is 0.454 e. The number of rotatable bonds is 4. The van der Waals surface area contributed by atoms with Crippen molar-refractivity contribution < 1.29 is 9.47 Å². The SMILES string of the molecule is CC(Nc1nc(-c2ccsc2)nc2ccccc12)c1ccc2c(c1)OCO2. The van der Waals surface area contributed by atoms with Crippen molar-refractivity contribution >= 4 is 28.1 Å². The molecule has 5 rings (SSSR count). The molecular formula is C21H17N3O2S. The number of ether oxygens (including phenoxy) is 2. The van der Waals surface area contributed by atoms with Crippen molar-refractivity contribution in [1.29, 1.82) is 0 Å². The van der Waals surface area contributed by atoms with Crippen LogP contribution in [0.4, 0.5) is 5.82 Å². The van der Waals surface area contributed by atoms with Crippen LogP contribution < -0.4 is 14.8 Å². The van der Waals surface area contributed by atoms with Gasteiger partial charge in [0.2, 0.25) is 6.79 Å². The van der Waals surface area contributed by atoms with Gasteiger partial charge >= 0.3 is 0 Å². The van der Waals surface area contributed by atoms with E-state index in [-0.39, 0.29) is 12.8 Å². The van der Waals surface area contributed by atoms with Gasteiger partial charge in [0.25, 0.3) is 0 Å². The first kappa shape index (κ1) is 16.1. The predicted octanol–water partition coefficient (Wildman–Crippen LogP) is 5.26. The zero-order valence-electron chi connectivity index (χ0n) is 14.7. The summed E-state index contributed by atoms with van der Waals surface area (Å²) >= 11 is 1.64. The quantitative estimate of drug-likeness (QED) is 0.527. The molecule has 0 saturated heterocycles. The van der Waals surface area contributed by atoms with Crippen LogP contribution in [0.5, 0.6) is 11.5 Å². The molecule has 0 saturated carbocycles. The summed E-state index contributed by atoms with van der Waals surface area (Å²) in [7, 11) is 0. The minimum Gasteiger partial charge on any atom is -0.454 e. The summed E-state index contributed by atoms with van der Waals surface area (Å²) in [5, 5.41) is 8.66. The van der Waals surface area contributed by atoms with E-state index in [2.05, 4.69) is 17.6 Å². The van der Waals surface area contributed by atoms with Gasteiger partial charge in [-0.15, -0.1) is 0 Å². The normalized spacial score (nSPS) is 13.7. The summed E-state index contributed by atoms with van der Waals surface area (Å²) in [6, 6.07) is 16.2. The number of nitrogens with zero attached hydrogens (tertiary/aromatic N) is 2. The van der Waals surface area contributed by atoms with Crippen molar-refractivity contribution in [2.45, 2.75) is 13.0 Å². The monoisotopic (exact) mass is 375 g/mol. The number of anilines is 1. The minimum atomic E-state index is 0.0492. The Labute approximate surface area is 160 Å². The Morgan fingerprint density at radius 2 is 1.93 bits per heavy atom. The Bertz CT molecular complexity index is 1110. The van der Waals surface area contributed by atoms with Gasteiger partial charge in [-0.2, -0.15) is 11.3 Å². The van der Waals surface area contributed by atoms with Crippen LogP contribution in [-0.4, -0.2) is 16.8 Å². The lowest BCUT2D eigenvalue weighted by Crippen LogP contribution is -2.09. The first-order valence-electron chi connectivity index (χ1n) is 8.73. The second kappa shape index (κ2) is 6.55. The topological polar surface area (TPSA) is 56.3 Å². The van der Waals surface area contributed by atoms with E-state index >= 15 is 0 Å². The minimum absolute atomic E-state index is 0.0492.